The molecule has 0 unspecified atom stereocenters. The highest BCUT2D eigenvalue weighted by Gasteiger charge is 2.43. The number of hydrogen-bond acceptors (Lipinski definition) is 0. The Morgan fingerprint density at radius 2 is 0.955 bits per heavy atom. The fourth-order valence-corrected chi connectivity index (χ4v) is 1.94. The van der Waals surface area contributed by atoms with Crippen LogP contribution in [-0.2, 0) is 18.5 Å². The van der Waals surface area contributed by atoms with Crippen LogP contribution in [0.1, 0.15) is 16.7 Å². The summed E-state index contributed by atoms with van der Waals surface area (Å²) in [6.45, 7) is 0. The molecule has 2 aromatic carbocycles. The number of benzene rings is 2. The average Bonchev–Trinajstić information content (AvgIpc) is 2.33. The molecule has 0 saturated carbocycles. The van der Waals surface area contributed by atoms with Crippen molar-refractivity contribution in [1.29, 1.82) is 0 Å². The quantitative estimate of drug-likeness (QED) is 0.527. The van der Waals surface area contributed by atoms with E-state index in [1.807, 2.05) is 0 Å². The van der Waals surface area contributed by atoms with Gasteiger partial charge in [0.2, 0.25) is 0 Å². The Balaban J connectivity index is 2.79. The summed E-state index contributed by atoms with van der Waals surface area (Å²) in [5.41, 5.74) is -5.20. The fourth-order valence-electron chi connectivity index (χ4n) is 1.94. The first-order valence-corrected chi connectivity index (χ1v) is 5.59. The summed E-state index contributed by atoms with van der Waals surface area (Å²) in [5.74, 6) is 0. The van der Waals surface area contributed by atoms with Crippen LogP contribution < -0.4 is 0 Å². The highest BCUT2D eigenvalue weighted by Crippen LogP contribution is 2.42. The lowest BCUT2D eigenvalue weighted by Gasteiger charge is -2.17. The number of alkyl halides is 9. The van der Waals surface area contributed by atoms with Crippen molar-refractivity contribution in [2.24, 2.45) is 0 Å². The van der Waals surface area contributed by atoms with Gasteiger partial charge in [0.25, 0.3) is 0 Å². The third kappa shape index (κ3) is 3.12. The van der Waals surface area contributed by atoms with E-state index in [0.717, 1.165) is 0 Å². The Morgan fingerprint density at radius 1 is 0.500 bits per heavy atom. The molecule has 0 aliphatic rings. The van der Waals surface area contributed by atoms with Gasteiger partial charge in [0.15, 0.2) is 0 Å². The van der Waals surface area contributed by atoms with Gasteiger partial charge in [-0.15, -0.1) is 0 Å². The molecule has 2 aromatic rings. The predicted octanol–water partition coefficient (Wildman–Crippen LogP) is 5.90. The lowest BCUT2D eigenvalue weighted by Crippen LogP contribution is -2.16. The topological polar surface area (TPSA) is 0 Å². The molecule has 9 heteroatoms. The average molecular weight is 332 g/mol. The maximum atomic E-state index is 12.7. The van der Waals surface area contributed by atoms with Gasteiger partial charge < -0.3 is 0 Å². The molecule has 0 bridgehead atoms. The van der Waals surface area contributed by atoms with Crippen molar-refractivity contribution in [1.82, 2.24) is 0 Å². The molecule has 2 rings (SSSR count). The van der Waals surface area contributed by atoms with Crippen LogP contribution in [0.25, 0.3) is 10.8 Å². The van der Waals surface area contributed by atoms with Crippen molar-refractivity contribution in [3.05, 3.63) is 47.0 Å². The zero-order chi connectivity index (χ0) is 16.9. The maximum Gasteiger partial charge on any atom is 0.417 e. The zero-order valence-corrected chi connectivity index (χ0v) is 10.3. The van der Waals surface area contributed by atoms with Crippen molar-refractivity contribution < 1.29 is 39.5 Å². The van der Waals surface area contributed by atoms with Gasteiger partial charge in [-0.05, 0) is 35.0 Å². The van der Waals surface area contributed by atoms with Crippen LogP contribution in [-0.4, -0.2) is 0 Å². The highest BCUT2D eigenvalue weighted by molar-refractivity contribution is 5.85. The molecule has 0 saturated heterocycles. The summed E-state index contributed by atoms with van der Waals surface area (Å²) in [4.78, 5) is 0. The summed E-state index contributed by atoms with van der Waals surface area (Å²) in [5, 5.41) is -0.941. The normalized spacial score (nSPS) is 13.7. The second-order valence-electron chi connectivity index (χ2n) is 4.45. The second-order valence-corrected chi connectivity index (χ2v) is 4.45. The Hall–Kier alpha value is -1.93. The van der Waals surface area contributed by atoms with Crippen LogP contribution in [0.3, 0.4) is 0 Å². The molecular weight excluding hydrogens is 327 g/mol. The number of halogens is 9. The van der Waals surface area contributed by atoms with E-state index in [0.29, 0.717) is 18.2 Å². The van der Waals surface area contributed by atoms with Gasteiger partial charge in [-0.1, -0.05) is 6.07 Å². The lowest BCUT2D eigenvalue weighted by atomic mass is 9.98. The minimum atomic E-state index is -5.34. The highest BCUT2D eigenvalue weighted by atomic mass is 19.4. The van der Waals surface area contributed by atoms with Gasteiger partial charge in [0, 0.05) is 0 Å². The largest absolute Gasteiger partial charge is 0.417 e. The molecule has 0 amide bonds. The summed E-state index contributed by atoms with van der Waals surface area (Å²) in [7, 11) is 0. The smallest absolute Gasteiger partial charge is 0.166 e. The first-order valence-electron chi connectivity index (χ1n) is 5.59. The number of hydrogen-bond donors (Lipinski definition) is 0. The second kappa shape index (κ2) is 4.79. The van der Waals surface area contributed by atoms with E-state index < -0.39 is 40.6 Å². The minimum Gasteiger partial charge on any atom is -0.166 e. The zero-order valence-electron chi connectivity index (χ0n) is 10.3. The van der Waals surface area contributed by atoms with Crippen molar-refractivity contribution in [3.8, 4) is 0 Å². The third-order valence-electron chi connectivity index (χ3n) is 2.91. The van der Waals surface area contributed by atoms with Crippen molar-refractivity contribution in [2.75, 3.05) is 0 Å². The molecule has 0 aliphatic carbocycles. The van der Waals surface area contributed by atoms with Gasteiger partial charge in [-0.2, -0.15) is 39.5 Å². The van der Waals surface area contributed by atoms with Crippen molar-refractivity contribution >= 4 is 10.8 Å². The minimum absolute atomic E-state index is 0.0768. The molecule has 0 aromatic heterocycles. The Morgan fingerprint density at radius 3 is 1.36 bits per heavy atom. The summed E-state index contributed by atoms with van der Waals surface area (Å²) in [6.07, 6.45) is -15.4. The van der Waals surface area contributed by atoms with Crippen molar-refractivity contribution in [2.45, 2.75) is 18.5 Å². The number of fused-ring (bicyclic) bond motifs is 1. The first kappa shape index (κ1) is 16.4. The molecular formula is C13H5F9. The molecule has 0 fully saturated rings. The van der Waals surface area contributed by atoms with Crippen LogP contribution in [0.2, 0.25) is 0 Å². The molecule has 22 heavy (non-hydrogen) atoms. The van der Waals surface area contributed by atoms with Crippen LogP contribution in [0.15, 0.2) is 30.3 Å². The monoisotopic (exact) mass is 332 g/mol. The fraction of sp³-hybridized carbons (Fsp3) is 0.231. The van der Waals surface area contributed by atoms with Crippen LogP contribution in [0.4, 0.5) is 39.5 Å². The molecule has 120 valence electrons. The Kier molecular flexibility index (Phi) is 3.58. The van der Waals surface area contributed by atoms with Crippen LogP contribution in [0, 0.1) is 0 Å². The van der Waals surface area contributed by atoms with E-state index in [9.17, 15) is 39.5 Å². The Bertz CT molecular complexity index is 704. The molecule has 0 nitrogen and oxygen atoms in total. The third-order valence-corrected chi connectivity index (χ3v) is 2.91. The van der Waals surface area contributed by atoms with E-state index in [1.165, 1.54) is 0 Å². The van der Waals surface area contributed by atoms with E-state index in [2.05, 4.69) is 0 Å². The van der Waals surface area contributed by atoms with Gasteiger partial charge in [0.1, 0.15) is 0 Å². The molecule has 0 N–H and O–H groups in total. The van der Waals surface area contributed by atoms with Gasteiger partial charge in [-0.3, -0.25) is 0 Å². The molecule has 0 atom stereocenters. The van der Waals surface area contributed by atoms with Gasteiger partial charge in [-0.25, -0.2) is 0 Å². The molecule has 0 aliphatic heterocycles. The summed E-state index contributed by atoms with van der Waals surface area (Å²) < 4.78 is 114. The molecule has 0 heterocycles. The standard InChI is InChI=1S/C13H5F9/c14-11(15,16)8-2-1-6-4-9(12(17,18)19)10(13(20,21)22)5-7(6)3-8/h1-5H. The molecule has 0 spiro atoms. The maximum absolute atomic E-state index is 12.7. The van der Waals surface area contributed by atoms with E-state index in [4.69, 9.17) is 0 Å². The van der Waals surface area contributed by atoms with Crippen molar-refractivity contribution in [3.63, 3.8) is 0 Å². The lowest BCUT2D eigenvalue weighted by molar-refractivity contribution is -0.161. The van der Waals surface area contributed by atoms with Gasteiger partial charge >= 0.3 is 18.5 Å². The Labute approximate surface area is 117 Å². The number of rotatable bonds is 0. The SMILES string of the molecule is FC(F)(F)c1ccc2cc(C(F)(F)F)c(C(F)(F)F)cc2c1. The summed E-state index contributed by atoms with van der Waals surface area (Å²) >= 11 is 0. The predicted molar refractivity (Wildman–Crippen MR) is 59.0 cm³/mol. The van der Waals surface area contributed by atoms with E-state index in [1.54, 1.807) is 0 Å². The van der Waals surface area contributed by atoms with E-state index in [-0.39, 0.29) is 17.5 Å². The van der Waals surface area contributed by atoms with Crippen LogP contribution >= 0.6 is 0 Å². The summed E-state index contributed by atoms with van der Waals surface area (Å²) in [6, 6.07) is 1.86. The van der Waals surface area contributed by atoms with Gasteiger partial charge in [0.05, 0.1) is 16.7 Å². The van der Waals surface area contributed by atoms with Crippen LogP contribution in [0.5, 0.6) is 0 Å². The first-order chi connectivity index (χ1) is 9.80. The van der Waals surface area contributed by atoms with E-state index >= 15 is 0 Å². The molecule has 0 radical (unpaired) electrons.